The van der Waals surface area contributed by atoms with Crippen LogP contribution in [0.5, 0.6) is 5.75 Å². The quantitative estimate of drug-likeness (QED) is 0.619. The molecule has 7 nitrogen and oxygen atoms in total. The zero-order valence-corrected chi connectivity index (χ0v) is 15.1. The smallest absolute Gasteiger partial charge is 0.339 e. The van der Waals surface area contributed by atoms with Crippen LogP contribution in [0.2, 0.25) is 0 Å². The van der Waals surface area contributed by atoms with E-state index in [1.165, 1.54) is 7.11 Å². The fourth-order valence-corrected chi connectivity index (χ4v) is 2.55. The Morgan fingerprint density at radius 3 is 2.63 bits per heavy atom. The zero-order valence-electron chi connectivity index (χ0n) is 15.1. The molecule has 0 atom stereocenters. The maximum absolute atomic E-state index is 11.9. The molecule has 0 radical (unpaired) electrons. The number of para-hydroxylation sites is 2. The second kappa shape index (κ2) is 8.66. The van der Waals surface area contributed by atoms with E-state index in [2.05, 4.69) is 20.6 Å². The van der Waals surface area contributed by atoms with Gasteiger partial charge in [0.15, 0.2) is 0 Å². The summed E-state index contributed by atoms with van der Waals surface area (Å²) in [6, 6.07) is 16.5. The van der Waals surface area contributed by atoms with Crippen LogP contribution in [0.3, 0.4) is 0 Å². The number of rotatable bonds is 7. The first-order valence-electron chi connectivity index (χ1n) is 8.34. The molecular weight excluding hydrogens is 344 g/mol. The van der Waals surface area contributed by atoms with Crippen LogP contribution in [0.4, 0.5) is 17.5 Å². The summed E-state index contributed by atoms with van der Waals surface area (Å²) in [4.78, 5) is 20.6. The highest BCUT2D eigenvalue weighted by Gasteiger charge is 2.11. The van der Waals surface area contributed by atoms with Crippen LogP contribution in [-0.4, -0.2) is 30.2 Å². The highest BCUT2D eigenvalue weighted by Crippen LogP contribution is 2.21. The van der Waals surface area contributed by atoms with E-state index in [4.69, 9.17) is 9.47 Å². The Bertz CT molecular complexity index is 930. The van der Waals surface area contributed by atoms with Crippen LogP contribution >= 0.6 is 0 Å². The van der Waals surface area contributed by atoms with Crippen molar-refractivity contribution in [1.29, 1.82) is 0 Å². The van der Waals surface area contributed by atoms with Crippen molar-refractivity contribution < 1.29 is 14.3 Å². The largest absolute Gasteiger partial charge is 0.496 e. The maximum atomic E-state index is 11.9. The maximum Gasteiger partial charge on any atom is 0.339 e. The summed E-state index contributed by atoms with van der Waals surface area (Å²) in [5, 5.41) is 6.31. The lowest BCUT2D eigenvalue weighted by Crippen LogP contribution is -2.08. The lowest BCUT2D eigenvalue weighted by atomic mass is 10.2. The first-order chi connectivity index (χ1) is 13.2. The number of hydrogen-bond acceptors (Lipinski definition) is 7. The first kappa shape index (κ1) is 18.2. The molecule has 0 saturated carbocycles. The third-order valence-electron chi connectivity index (χ3n) is 3.88. The average molecular weight is 364 g/mol. The van der Waals surface area contributed by atoms with Crippen molar-refractivity contribution in [3.8, 4) is 5.75 Å². The normalized spacial score (nSPS) is 10.1. The molecule has 0 fully saturated rings. The van der Waals surface area contributed by atoms with Gasteiger partial charge >= 0.3 is 5.97 Å². The Morgan fingerprint density at radius 1 is 1.04 bits per heavy atom. The number of benzene rings is 2. The molecule has 2 aromatic carbocycles. The standard InChI is InChI=1S/C20H20N4O3/c1-26-17-10-6-3-7-14(17)13-22-20-21-12-11-18(24-20)23-16-9-5-4-8-15(16)19(25)27-2/h3-12H,13H2,1-2H3,(H2,21,22,23,24). The molecule has 0 aliphatic carbocycles. The van der Waals surface area contributed by atoms with Gasteiger partial charge in [-0.25, -0.2) is 9.78 Å². The molecule has 0 spiro atoms. The molecule has 3 rings (SSSR count). The SMILES string of the molecule is COC(=O)c1ccccc1Nc1ccnc(NCc2ccccc2OC)n1. The summed E-state index contributed by atoms with van der Waals surface area (Å²) in [5.74, 6) is 1.40. The molecular formula is C20H20N4O3. The Morgan fingerprint density at radius 2 is 1.81 bits per heavy atom. The second-order valence-electron chi connectivity index (χ2n) is 5.59. The lowest BCUT2D eigenvalue weighted by Gasteiger charge is -2.12. The van der Waals surface area contributed by atoms with E-state index in [9.17, 15) is 4.79 Å². The van der Waals surface area contributed by atoms with Gasteiger partial charge in [-0.3, -0.25) is 0 Å². The lowest BCUT2D eigenvalue weighted by molar-refractivity contribution is 0.0602. The minimum absolute atomic E-state index is 0.415. The summed E-state index contributed by atoms with van der Waals surface area (Å²) < 4.78 is 10.2. The molecule has 0 amide bonds. The summed E-state index contributed by atoms with van der Waals surface area (Å²) in [6.07, 6.45) is 1.64. The third-order valence-corrected chi connectivity index (χ3v) is 3.88. The molecule has 2 N–H and O–H groups in total. The fourth-order valence-electron chi connectivity index (χ4n) is 2.55. The number of aromatic nitrogens is 2. The van der Waals surface area contributed by atoms with E-state index in [-0.39, 0.29) is 0 Å². The monoisotopic (exact) mass is 364 g/mol. The summed E-state index contributed by atoms with van der Waals surface area (Å²) >= 11 is 0. The van der Waals surface area contributed by atoms with Gasteiger partial charge in [-0.2, -0.15) is 4.98 Å². The van der Waals surface area contributed by atoms with Crippen LogP contribution in [0.15, 0.2) is 60.8 Å². The van der Waals surface area contributed by atoms with Crippen molar-refractivity contribution in [2.45, 2.75) is 6.54 Å². The van der Waals surface area contributed by atoms with Crippen LogP contribution in [0, 0.1) is 0 Å². The molecule has 0 bridgehead atoms. The van der Waals surface area contributed by atoms with Crippen molar-refractivity contribution >= 4 is 23.4 Å². The van der Waals surface area contributed by atoms with Crippen LogP contribution in [0.1, 0.15) is 15.9 Å². The minimum Gasteiger partial charge on any atom is -0.496 e. The minimum atomic E-state index is -0.415. The van der Waals surface area contributed by atoms with Gasteiger partial charge in [-0.05, 0) is 24.3 Å². The van der Waals surface area contributed by atoms with Crippen LogP contribution in [0.25, 0.3) is 0 Å². The van der Waals surface area contributed by atoms with Gasteiger partial charge < -0.3 is 20.1 Å². The molecule has 0 unspecified atom stereocenters. The van der Waals surface area contributed by atoms with E-state index in [1.54, 1.807) is 37.6 Å². The predicted molar refractivity (Wildman–Crippen MR) is 103 cm³/mol. The predicted octanol–water partition coefficient (Wildman–Crippen LogP) is 3.63. The highest BCUT2D eigenvalue weighted by molar-refractivity contribution is 5.96. The number of carbonyl (C=O) groups is 1. The number of carbonyl (C=O) groups excluding carboxylic acids is 1. The Labute approximate surface area is 157 Å². The van der Waals surface area contributed by atoms with E-state index in [0.717, 1.165) is 11.3 Å². The molecule has 0 saturated heterocycles. The number of methoxy groups -OCH3 is 2. The van der Waals surface area contributed by atoms with E-state index < -0.39 is 5.97 Å². The van der Waals surface area contributed by atoms with E-state index in [0.29, 0.717) is 29.6 Å². The first-order valence-corrected chi connectivity index (χ1v) is 8.34. The molecule has 0 aliphatic heterocycles. The van der Waals surface area contributed by atoms with Gasteiger partial charge in [-0.1, -0.05) is 30.3 Å². The van der Waals surface area contributed by atoms with Gasteiger partial charge in [0.05, 0.1) is 25.5 Å². The average Bonchev–Trinajstić information content (AvgIpc) is 2.72. The van der Waals surface area contributed by atoms with Crippen molar-refractivity contribution in [2.24, 2.45) is 0 Å². The summed E-state index contributed by atoms with van der Waals surface area (Å²) in [6.45, 7) is 0.520. The molecule has 7 heteroatoms. The van der Waals surface area contributed by atoms with Crippen LogP contribution in [-0.2, 0) is 11.3 Å². The van der Waals surface area contributed by atoms with Crippen molar-refractivity contribution in [2.75, 3.05) is 24.9 Å². The number of hydrogen-bond donors (Lipinski definition) is 2. The Kier molecular flexibility index (Phi) is 5.84. The summed E-state index contributed by atoms with van der Waals surface area (Å²) in [5.41, 5.74) is 2.04. The Hall–Kier alpha value is -3.61. The second-order valence-corrected chi connectivity index (χ2v) is 5.59. The number of esters is 1. The molecule has 1 aromatic heterocycles. The summed E-state index contributed by atoms with van der Waals surface area (Å²) in [7, 11) is 2.99. The van der Waals surface area contributed by atoms with Gasteiger partial charge in [0, 0.05) is 18.3 Å². The number of ether oxygens (including phenoxy) is 2. The molecule has 27 heavy (non-hydrogen) atoms. The number of nitrogens with zero attached hydrogens (tertiary/aromatic N) is 2. The number of nitrogens with one attached hydrogen (secondary N) is 2. The van der Waals surface area contributed by atoms with Crippen LogP contribution < -0.4 is 15.4 Å². The van der Waals surface area contributed by atoms with Gasteiger partial charge in [0.1, 0.15) is 11.6 Å². The van der Waals surface area contributed by atoms with Gasteiger partial charge in [0.25, 0.3) is 0 Å². The van der Waals surface area contributed by atoms with Gasteiger partial charge in [-0.15, -0.1) is 0 Å². The Balaban J connectivity index is 1.74. The number of anilines is 3. The third kappa shape index (κ3) is 4.52. The van der Waals surface area contributed by atoms with Crippen molar-refractivity contribution in [3.63, 3.8) is 0 Å². The fraction of sp³-hybridized carbons (Fsp3) is 0.150. The molecule has 3 aromatic rings. The highest BCUT2D eigenvalue weighted by atomic mass is 16.5. The molecule has 138 valence electrons. The van der Waals surface area contributed by atoms with E-state index in [1.807, 2.05) is 30.3 Å². The van der Waals surface area contributed by atoms with E-state index >= 15 is 0 Å². The van der Waals surface area contributed by atoms with Crippen molar-refractivity contribution in [3.05, 3.63) is 71.9 Å². The van der Waals surface area contributed by atoms with Crippen molar-refractivity contribution in [1.82, 2.24) is 9.97 Å². The molecule has 1 heterocycles. The zero-order chi connectivity index (χ0) is 19.1. The van der Waals surface area contributed by atoms with Gasteiger partial charge in [0.2, 0.25) is 5.95 Å². The topological polar surface area (TPSA) is 85.4 Å². The molecule has 0 aliphatic rings.